The molecule has 0 amide bonds. The minimum atomic E-state index is -0.475. The molecule has 2 rings (SSSR count). The summed E-state index contributed by atoms with van der Waals surface area (Å²) in [7, 11) is 0. The number of ether oxygens (including phenoxy) is 1. The van der Waals surface area contributed by atoms with Crippen molar-refractivity contribution < 1.29 is 9.53 Å². The standard InChI is InChI=1S/C17H25NO2/c1-4-17(20-14(3)19,15-9-7-6-8-10-15)16-11-12-18(5-2)13-16/h6-10,16H,4-5,11-13H2,1-3H3/t16-,17+/m1/s1. The summed E-state index contributed by atoms with van der Waals surface area (Å²) >= 11 is 0. The van der Waals surface area contributed by atoms with Crippen LogP contribution in [0.3, 0.4) is 0 Å². The third-order valence-electron chi connectivity index (χ3n) is 4.49. The number of carbonyl (C=O) groups is 1. The summed E-state index contributed by atoms with van der Waals surface area (Å²) in [5.41, 5.74) is 0.650. The topological polar surface area (TPSA) is 29.5 Å². The van der Waals surface area contributed by atoms with E-state index in [1.807, 2.05) is 18.2 Å². The first kappa shape index (κ1) is 15.0. The lowest BCUT2D eigenvalue weighted by Gasteiger charge is -2.38. The van der Waals surface area contributed by atoms with Gasteiger partial charge in [-0.1, -0.05) is 44.2 Å². The van der Waals surface area contributed by atoms with E-state index < -0.39 is 5.60 Å². The lowest BCUT2D eigenvalue weighted by Crippen LogP contribution is -2.40. The van der Waals surface area contributed by atoms with Gasteiger partial charge >= 0.3 is 5.97 Å². The molecule has 1 aliphatic rings. The predicted octanol–water partition coefficient (Wildman–Crippen LogP) is 3.20. The van der Waals surface area contributed by atoms with Crippen molar-refractivity contribution in [3.63, 3.8) is 0 Å². The fourth-order valence-electron chi connectivity index (χ4n) is 3.42. The van der Waals surface area contributed by atoms with Crippen LogP contribution in [0.25, 0.3) is 0 Å². The molecule has 1 heterocycles. The number of nitrogens with zero attached hydrogens (tertiary/aromatic N) is 1. The summed E-state index contributed by atoms with van der Waals surface area (Å²) in [5.74, 6) is 0.185. The molecule has 110 valence electrons. The molecule has 0 unspecified atom stereocenters. The van der Waals surface area contributed by atoms with Gasteiger partial charge in [-0.15, -0.1) is 0 Å². The van der Waals surface area contributed by atoms with Crippen molar-refractivity contribution in [2.24, 2.45) is 5.92 Å². The fraction of sp³-hybridized carbons (Fsp3) is 0.588. The monoisotopic (exact) mass is 275 g/mol. The molecular formula is C17H25NO2. The van der Waals surface area contributed by atoms with Gasteiger partial charge in [-0.05, 0) is 31.5 Å². The van der Waals surface area contributed by atoms with E-state index in [9.17, 15) is 4.79 Å². The van der Waals surface area contributed by atoms with Crippen molar-refractivity contribution in [1.29, 1.82) is 0 Å². The van der Waals surface area contributed by atoms with Crippen molar-refractivity contribution >= 4 is 5.97 Å². The molecule has 3 nitrogen and oxygen atoms in total. The molecule has 20 heavy (non-hydrogen) atoms. The van der Waals surface area contributed by atoms with Gasteiger partial charge in [0, 0.05) is 19.4 Å². The number of hydrogen-bond acceptors (Lipinski definition) is 3. The van der Waals surface area contributed by atoms with Crippen LogP contribution in [0, 0.1) is 5.92 Å². The van der Waals surface area contributed by atoms with Gasteiger partial charge in [0.25, 0.3) is 0 Å². The van der Waals surface area contributed by atoms with Gasteiger partial charge in [0.05, 0.1) is 0 Å². The molecule has 0 spiro atoms. The molecule has 3 heteroatoms. The largest absolute Gasteiger partial charge is 0.454 e. The molecule has 1 aliphatic heterocycles. The van der Waals surface area contributed by atoms with E-state index in [4.69, 9.17) is 4.74 Å². The first-order chi connectivity index (χ1) is 9.62. The van der Waals surface area contributed by atoms with Crippen LogP contribution >= 0.6 is 0 Å². The maximum absolute atomic E-state index is 11.7. The molecule has 0 bridgehead atoms. The molecular weight excluding hydrogens is 250 g/mol. The molecule has 0 saturated carbocycles. The molecule has 0 aromatic heterocycles. The quantitative estimate of drug-likeness (QED) is 0.773. The van der Waals surface area contributed by atoms with Gasteiger partial charge in [-0.2, -0.15) is 0 Å². The Balaban J connectivity index is 2.35. The van der Waals surface area contributed by atoms with Gasteiger partial charge in [-0.25, -0.2) is 0 Å². The zero-order chi connectivity index (χ0) is 14.6. The highest BCUT2D eigenvalue weighted by Gasteiger charge is 2.44. The third kappa shape index (κ3) is 2.88. The lowest BCUT2D eigenvalue weighted by atomic mass is 9.78. The molecule has 1 saturated heterocycles. The van der Waals surface area contributed by atoms with E-state index in [0.717, 1.165) is 38.0 Å². The fourth-order valence-corrected chi connectivity index (χ4v) is 3.42. The molecule has 0 aliphatic carbocycles. The second-order valence-corrected chi connectivity index (χ2v) is 5.58. The van der Waals surface area contributed by atoms with E-state index in [1.165, 1.54) is 6.92 Å². The minimum Gasteiger partial charge on any atom is -0.454 e. The normalized spacial score (nSPS) is 22.4. The van der Waals surface area contributed by atoms with Crippen LogP contribution in [0.2, 0.25) is 0 Å². The highest BCUT2D eigenvalue weighted by molar-refractivity contribution is 5.67. The van der Waals surface area contributed by atoms with Crippen molar-refractivity contribution in [2.45, 2.75) is 39.2 Å². The SMILES string of the molecule is CCN1CC[C@@H]([C@@](CC)(OC(C)=O)c2ccccc2)C1. The Morgan fingerprint density at radius 3 is 2.55 bits per heavy atom. The van der Waals surface area contributed by atoms with Crippen molar-refractivity contribution in [3.8, 4) is 0 Å². The van der Waals surface area contributed by atoms with Gasteiger partial charge < -0.3 is 9.64 Å². The first-order valence-electron chi connectivity index (χ1n) is 7.59. The van der Waals surface area contributed by atoms with E-state index in [1.54, 1.807) is 0 Å². The van der Waals surface area contributed by atoms with Gasteiger partial charge in [0.2, 0.25) is 0 Å². The summed E-state index contributed by atoms with van der Waals surface area (Å²) in [6.45, 7) is 8.98. The molecule has 0 N–H and O–H groups in total. The summed E-state index contributed by atoms with van der Waals surface area (Å²) < 4.78 is 5.88. The van der Waals surface area contributed by atoms with Gasteiger partial charge in [0.15, 0.2) is 0 Å². The zero-order valence-electron chi connectivity index (χ0n) is 12.8. The van der Waals surface area contributed by atoms with Crippen LogP contribution in [0.4, 0.5) is 0 Å². The van der Waals surface area contributed by atoms with E-state index in [0.29, 0.717) is 5.92 Å². The molecule has 1 fully saturated rings. The summed E-state index contributed by atoms with van der Waals surface area (Å²) in [6.07, 6.45) is 1.91. The summed E-state index contributed by atoms with van der Waals surface area (Å²) in [6, 6.07) is 10.2. The molecule has 2 atom stereocenters. The van der Waals surface area contributed by atoms with E-state index >= 15 is 0 Å². The average Bonchev–Trinajstić information content (AvgIpc) is 2.95. The van der Waals surface area contributed by atoms with Crippen LogP contribution in [0.15, 0.2) is 30.3 Å². The number of esters is 1. The number of benzene rings is 1. The summed E-state index contributed by atoms with van der Waals surface area (Å²) in [4.78, 5) is 14.1. The number of carbonyl (C=O) groups excluding carboxylic acids is 1. The number of likely N-dealkylation sites (tertiary alicyclic amines) is 1. The molecule has 0 radical (unpaired) electrons. The smallest absolute Gasteiger partial charge is 0.303 e. The number of rotatable bonds is 5. The van der Waals surface area contributed by atoms with Crippen LogP contribution in [-0.2, 0) is 15.1 Å². The van der Waals surface area contributed by atoms with Crippen LogP contribution in [0.5, 0.6) is 0 Å². The molecule has 1 aromatic carbocycles. The first-order valence-corrected chi connectivity index (χ1v) is 7.59. The Morgan fingerprint density at radius 2 is 2.05 bits per heavy atom. The highest BCUT2D eigenvalue weighted by atomic mass is 16.6. The predicted molar refractivity (Wildman–Crippen MR) is 80.4 cm³/mol. The van der Waals surface area contributed by atoms with Gasteiger partial charge in [-0.3, -0.25) is 4.79 Å². The van der Waals surface area contributed by atoms with Crippen molar-refractivity contribution in [3.05, 3.63) is 35.9 Å². The average molecular weight is 275 g/mol. The van der Waals surface area contributed by atoms with Crippen molar-refractivity contribution in [2.75, 3.05) is 19.6 Å². The summed E-state index contributed by atoms with van der Waals surface area (Å²) in [5, 5.41) is 0. The second kappa shape index (κ2) is 6.40. The van der Waals surface area contributed by atoms with Crippen LogP contribution < -0.4 is 0 Å². The Bertz CT molecular complexity index is 446. The maximum atomic E-state index is 11.7. The lowest BCUT2D eigenvalue weighted by molar-refractivity contribution is -0.166. The Labute approximate surface area is 121 Å². The Morgan fingerprint density at radius 1 is 1.35 bits per heavy atom. The van der Waals surface area contributed by atoms with E-state index in [2.05, 4.69) is 30.9 Å². The van der Waals surface area contributed by atoms with Gasteiger partial charge in [0.1, 0.15) is 5.60 Å². The maximum Gasteiger partial charge on any atom is 0.303 e. The highest BCUT2D eigenvalue weighted by Crippen LogP contribution is 2.42. The Hall–Kier alpha value is -1.35. The van der Waals surface area contributed by atoms with Crippen LogP contribution in [-0.4, -0.2) is 30.5 Å². The number of hydrogen-bond donors (Lipinski definition) is 0. The Kier molecular flexibility index (Phi) is 4.81. The van der Waals surface area contributed by atoms with E-state index in [-0.39, 0.29) is 5.97 Å². The third-order valence-corrected chi connectivity index (χ3v) is 4.49. The molecule has 1 aromatic rings. The second-order valence-electron chi connectivity index (χ2n) is 5.58. The van der Waals surface area contributed by atoms with Crippen LogP contribution in [0.1, 0.15) is 39.2 Å². The zero-order valence-corrected chi connectivity index (χ0v) is 12.8. The minimum absolute atomic E-state index is 0.189. The van der Waals surface area contributed by atoms with Crippen molar-refractivity contribution in [1.82, 2.24) is 4.90 Å².